The number of piperazine rings is 1. The first-order valence-electron chi connectivity index (χ1n) is 7.70. The van der Waals surface area contributed by atoms with Gasteiger partial charge < -0.3 is 20.3 Å². The maximum absolute atomic E-state index is 12.4. The Hall–Kier alpha value is -2.08. The number of carbonyl (C=O) groups is 2. The molecule has 0 radical (unpaired) electrons. The summed E-state index contributed by atoms with van der Waals surface area (Å²) < 4.78 is 5.44. The van der Waals surface area contributed by atoms with Crippen LogP contribution in [0, 0.1) is 0 Å². The van der Waals surface area contributed by atoms with Gasteiger partial charge in [-0.2, -0.15) is 0 Å². The molecule has 6 nitrogen and oxygen atoms in total. The molecule has 2 aliphatic heterocycles. The summed E-state index contributed by atoms with van der Waals surface area (Å²) in [5, 5.41) is 0. The SMILES string of the molecule is Nc1cccc(C(=O)N2CCN(C(=O)C3CCCO3)CC2)c1. The van der Waals surface area contributed by atoms with Gasteiger partial charge in [0.2, 0.25) is 0 Å². The van der Waals surface area contributed by atoms with E-state index in [1.165, 1.54) is 0 Å². The van der Waals surface area contributed by atoms with E-state index in [0.29, 0.717) is 44.0 Å². The molecule has 1 atom stereocenters. The van der Waals surface area contributed by atoms with E-state index in [2.05, 4.69) is 0 Å². The van der Waals surface area contributed by atoms with E-state index in [1.54, 1.807) is 34.1 Å². The van der Waals surface area contributed by atoms with Gasteiger partial charge in [-0.15, -0.1) is 0 Å². The number of nitrogen functional groups attached to an aromatic ring is 1. The zero-order valence-electron chi connectivity index (χ0n) is 12.5. The lowest BCUT2D eigenvalue weighted by Crippen LogP contribution is -2.52. The molecule has 2 heterocycles. The summed E-state index contributed by atoms with van der Waals surface area (Å²) in [6.45, 7) is 2.89. The number of ether oxygens (including phenoxy) is 1. The van der Waals surface area contributed by atoms with Gasteiger partial charge >= 0.3 is 0 Å². The standard InChI is InChI=1S/C16H21N3O3/c17-13-4-1-3-12(11-13)15(20)18-6-8-19(9-7-18)16(21)14-5-2-10-22-14/h1,3-4,11,14H,2,5-10,17H2. The van der Waals surface area contributed by atoms with Gasteiger partial charge in [0.1, 0.15) is 6.10 Å². The van der Waals surface area contributed by atoms with Crippen molar-refractivity contribution in [1.82, 2.24) is 9.80 Å². The highest BCUT2D eigenvalue weighted by atomic mass is 16.5. The quantitative estimate of drug-likeness (QED) is 0.817. The van der Waals surface area contributed by atoms with E-state index in [1.807, 2.05) is 0 Å². The highest BCUT2D eigenvalue weighted by Gasteiger charge is 2.31. The molecular formula is C16H21N3O3. The fraction of sp³-hybridized carbons (Fsp3) is 0.500. The minimum absolute atomic E-state index is 0.0310. The smallest absolute Gasteiger partial charge is 0.254 e. The van der Waals surface area contributed by atoms with Crippen LogP contribution in [0.3, 0.4) is 0 Å². The summed E-state index contributed by atoms with van der Waals surface area (Å²) in [6.07, 6.45) is 1.47. The molecule has 1 unspecified atom stereocenters. The van der Waals surface area contributed by atoms with Crippen LogP contribution in [-0.4, -0.2) is 60.5 Å². The predicted molar refractivity (Wildman–Crippen MR) is 82.3 cm³/mol. The van der Waals surface area contributed by atoms with E-state index >= 15 is 0 Å². The Morgan fingerprint density at radius 3 is 2.50 bits per heavy atom. The molecule has 22 heavy (non-hydrogen) atoms. The second-order valence-electron chi connectivity index (χ2n) is 5.74. The summed E-state index contributed by atoms with van der Waals surface area (Å²) in [5.41, 5.74) is 6.90. The van der Waals surface area contributed by atoms with Crippen molar-refractivity contribution >= 4 is 17.5 Å². The van der Waals surface area contributed by atoms with Gasteiger partial charge in [0.25, 0.3) is 11.8 Å². The van der Waals surface area contributed by atoms with Crippen LogP contribution in [0.25, 0.3) is 0 Å². The molecular weight excluding hydrogens is 282 g/mol. The van der Waals surface area contributed by atoms with Crippen molar-refractivity contribution in [2.24, 2.45) is 0 Å². The zero-order chi connectivity index (χ0) is 15.5. The van der Waals surface area contributed by atoms with Crippen molar-refractivity contribution in [3.8, 4) is 0 Å². The minimum Gasteiger partial charge on any atom is -0.399 e. The van der Waals surface area contributed by atoms with Crippen LogP contribution in [0.5, 0.6) is 0 Å². The Morgan fingerprint density at radius 1 is 1.14 bits per heavy atom. The number of hydrogen-bond donors (Lipinski definition) is 1. The molecule has 3 rings (SSSR count). The number of amides is 2. The number of nitrogens with two attached hydrogens (primary N) is 1. The van der Waals surface area contributed by atoms with Gasteiger partial charge in [0.05, 0.1) is 0 Å². The molecule has 6 heteroatoms. The molecule has 0 aliphatic carbocycles. The maximum Gasteiger partial charge on any atom is 0.254 e. The summed E-state index contributed by atoms with van der Waals surface area (Å²) in [6, 6.07) is 6.99. The average Bonchev–Trinajstić information content (AvgIpc) is 3.08. The van der Waals surface area contributed by atoms with Crippen molar-refractivity contribution in [1.29, 1.82) is 0 Å². The largest absolute Gasteiger partial charge is 0.399 e. The molecule has 2 fully saturated rings. The molecule has 1 aromatic rings. The minimum atomic E-state index is -0.281. The van der Waals surface area contributed by atoms with Crippen molar-refractivity contribution < 1.29 is 14.3 Å². The van der Waals surface area contributed by atoms with Gasteiger partial charge in [-0.3, -0.25) is 9.59 Å². The van der Waals surface area contributed by atoms with E-state index in [0.717, 1.165) is 12.8 Å². The highest BCUT2D eigenvalue weighted by Crippen LogP contribution is 2.17. The van der Waals surface area contributed by atoms with Crippen LogP contribution >= 0.6 is 0 Å². The zero-order valence-corrected chi connectivity index (χ0v) is 12.5. The fourth-order valence-electron chi connectivity index (χ4n) is 2.96. The third-order valence-electron chi connectivity index (χ3n) is 4.22. The summed E-state index contributed by atoms with van der Waals surface area (Å²) in [7, 11) is 0. The monoisotopic (exact) mass is 303 g/mol. The molecule has 2 aliphatic rings. The molecule has 2 N–H and O–H groups in total. The maximum atomic E-state index is 12.4. The summed E-state index contributed by atoms with van der Waals surface area (Å²) in [5.74, 6) is 0.0325. The second-order valence-corrected chi connectivity index (χ2v) is 5.74. The van der Waals surface area contributed by atoms with Crippen LogP contribution in [-0.2, 0) is 9.53 Å². The highest BCUT2D eigenvalue weighted by molar-refractivity contribution is 5.95. The normalized spacial score (nSPS) is 21.9. The average molecular weight is 303 g/mol. The molecule has 0 bridgehead atoms. The Morgan fingerprint density at radius 2 is 1.86 bits per heavy atom. The number of nitrogens with zero attached hydrogens (tertiary/aromatic N) is 2. The van der Waals surface area contributed by atoms with Gasteiger partial charge in [0, 0.05) is 44.0 Å². The first-order valence-corrected chi connectivity index (χ1v) is 7.70. The van der Waals surface area contributed by atoms with Gasteiger partial charge in [-0.25, -0.2) is 0 Å². The van der Waals surface area contributed by atoms with E-state index < -0.39 is 0 Å². The van der Waals surface area contributed by atoms with Crippen LogP contribution in [0.2, 0.25) is 0 Å². The lowest BCUT2D eigenvalue weighted by atomic mass is 10.1. The van der Waals surface area contributed by atoms with Crippen LogP contribution in [0.1, 0.15) is 23.2 Å². The molecule has 0 saturated carbocycles. The lowest BCUT2D eigenvalue weighted by Gasteiger charge is -2.35. The second kappa shape index (κ2) is 6.36. The van der Waals surface area contributed by atoms with Crippen LogP contribution in [0.15, 0.2) is 24.3 Å². The topological polar surface area (TPSA) is 75.9 Å². The van der Waals surface area contributed by atoms with Crippen molar-refractivity contribution in [3.05, 3.63) is 29.8 Å². The summed E-state index contributed by atoms with van der Waals surface area (Å²) >= 11 is 0. The Kier molecular flexibility index (Phi) is 4.29. The first-order chi connectivity index (χ1) is 10.6. The molecule has 0 spiro atoms. The van der Waals surface area contributed by atoms with Gasteiger partial charge in [-0.1, -0.05) is 6.07 Å². The molecule has 118 valence electrons. The Balaban J connectivity index is 1.57. The van der Waals surface area contributed by atoms with E-state index in [9.17, 15) is 9.59 Å². The predicted octanol–water partition coefficient (Wildman–Crippen LogP) is 0.732. The van der Waals surface area contributed by atoms with E-state index in [4.69, 9.17) is 10.5 Å². The number of rotatable bonds is 2. The van der Waals surface area contributed by atoms with Crippen LogP contribution < -0.4 is 5.73 Å². The first kappa shape index (κ1) is 14.8. The summed E-state index contributed by atoms with van der Waals surface area (Å²) in [4.78, 5) is 28.3. The molecule has 2 amide bonds. The Labute approximate surface area is 129 Å². The Bertz CT molecular complexity index is 562. The van der Waals surface area contributed by atoms with Crippen LogP contribution in [0.4, 0.5) is 5.69 Å². The number of anilines is 1. The molecule has 1 aromatic carbocycles. The third kappa shape index (κ3) is 3.06. The molecule has 0 aromatic heterocycles. The van der Waals surface area contributed by atoms with E-state index in [-0.39, 0.29) is 17.9 Å². The number of benzene rings is 1. The van der Waals surface area contributed by atoms with Gasteiger partial charge in [0.15, 0.2) is 0 Å². The third-order valence-corrected chi connectivity index (χ3v) is 4.22. The van der Waals surface area contributed by atoms with Crippen molar-refractivity contribution in [2.75, 3.05) is 38.5 Å². The fourth-order valence-corrected chi connectivity index (χ4v) is 2.96. The lowest BCUT2D eigenvalue weighted by molar-refractivity contribution is -0.142. The van der Waals surface area contributed by atoms with Crippen molar-refractivity contribution in [3.63, 3.8) is 0 Å². The van der Waals surface area contributed by atoms with Gasteiger partial charge in [-0.05, 0) is 31.0 Å². The number of hydrogen-bond acceptors (Lipinski definition) is 4. The molecule has 2 saturated heterocycles. The number of carbonyl (C=O) groups excluding carboxylic acids is 2. The van der Waals surface area contributed by atoms with Crippen molar-refractivity contribution in [2.45, 2.75) is 18.9 Å².